The van der Waals surface area contributed by atoms with E-state index in [9.17, 15) is 14.4 Å². The lowest BCUT2D eigenvalue weighted by Crippen LogP contribution is -2.44. The van der Waals surface area contributed by atoms with Gasteiger partial charge in [-0.25, -0.2) is 4.79 Å². The number of nitriles is 1. The van der Waals surface area contributed by atoms with Crippen molar-refractivity contribution in [2.75, 3.05) is 37.5 Å². The second-order valence-corrected chi connectivity index (χ2v) is 6.45. The molecule has 10 nitrogen and oxygen atoms in total. The van der Waals surface area contributed by atoms with Gasteiger partial charge in [0.1, 0.15) is 11.6 Å². The molecule has 0 bridgehead atoms. The number of amides is 1. The molecule has 0 aliphatic rings. The molecule has 3 N–H and O–H groups in total. The number of methoxy groups -OCH3 is 1. The van der Waals surface area contributed by atoms with E-state index in [2.05, 4.69) is 11.1 Å². The van der Waals surface area contributed by atoms with E-state index in [1.54, 1.807) is 24.3 Å². The number of carbonyl (C=O) groups is 1. The van der Waals surface area contributed by atoms with Gasteiger partial charge in [-0.15, -0.1) is 0 Å². The molecule has 2 aromatic rings. The van der Waals surface area contributed by atoms with Crippen LogP contribution in [0.25, 0.3) is 0 Å². The minimum atomic E-state index is -0.754. The second kappa shape index (κ2) is 10.8. The molecule has 160 valence electrons. The van der Waals surface area contributed by atoms with Gasteiger partial charge in [-0.1, -0.05) is 19.1 Å². The summed E-state index contributed by atoms with van der Waals surface area (Å²) >= 11 is 0. The zero-order valence-corrected chi connectivity index (χ0v) is 17.0. The van der Waals surface area contributed by atoms with Crippen LogP contribution >= 0.6 is 0 Å². The molecule has 1 aromatic heterocycles. The molecular formula is C20H25N5O5. The molecule has 0 spiro atoms. The Bertz CT molecular complexity index is 1020. The maximum absolute atomic E-state index is 12.9. The van der Waals surface area contributed by atoms with E-state index in [4.69, 9.17) is 20.5 Å². The molecule has 0 unspecified atom stereocenters. The number of nitrogens with two attached hydrogens (primary N) is 1. The van der Waals surface area contributed by atoms with Gasteiger partial charge in [0.2, 0.25) is 0 Å². The summed E-state index contributed by atoms with van der Waals surface area (Å²) in [6.45, 7) is 2.01. The van der Waals surface area contributed by atoms with Crippen LogP contribution in [-0.2, 0) is 22.5 Å². The Morgan fingerprint density at radius 2 is 2.00 bits per heavy atom. The maximum Gasteiger partial charge on any atom is 0.330 e. The van der Waals surface area contributed by atoms with E-state index < -0.39 is 17.2 Å². The van der Waals surface area contributed by atoms with Crippen molar-refractivity contribution in [3.05, 3.63) is 50.7 Å². The third kappa shape index (κ3) is 5.48. The van der Waals surface area contributed by atoms with Crippen molar-refractivity contribution in [3.63, 3.8) is 0 Å². The van der Waals surface area contributed by atoms with Crippen LogP contribution in [0.5, 0.6) is 5.75 Å². The molecule has 0 aliphatic carbocycles. The number of rotatable bonds is 10. The third-order valence-corrected chi connectivity index (χ3v) is 4.32. The molecule has 1 aromatic carbocycles. The minimum Gasteiger partial charge on any atom is -0.484 e. The van der Waals surface area contributed by atoms with E-state index in [0.29, 0.717) is 18.7 Å². The highest BCUT2D eigenvalue weighted by Gasteiger charge is 2.24. The van der Waals surface area contributed by atoms with Gasteiger partial charge in [0, 0.05) is 20.2 Å². The van der Waals surface area contributed by atoms with E-state index in [1.165, 1.54) is 11.7 Å². The second-order valence-electron chi connectivity index (χ2n) is 6.45. The Kier molecular flexibility index (Phi) is 8.19. The maximum atomic E-state index is 12.9. The van der Waals surface area contributed by atoms with Crippen LogP contribution in [0.1, 0.15) is 18.9 Å². The van der Waals surface area contributed by atoms with Crippen molar-refractivity contribution < 1.29 is 14.3 Å². The normalized spacial score (nSPS) is 10.4. The number of anilines is 2. The molecule has 0 radical (unpaired) electrons. The van der Waals surface area contributed by atoms with Crippen molar-refractivity contribution >= 4 is 17.4 Å². The number of nitrogens with one attached hydrogen (secondary N) is 1. The van der Waals surface area contributed by atoms with Gasteiger partial charge in [-0.2, -0.15) is 5.26 Å². The summed E-state index contributed by atoms with van der Waals surface area (Å²) in [6, 6.07) is 8.82. The Labute approximate surface area is 173 Å². The SMILES string of the molecule is CCCn1c(N)c(N(CCOC)C(=O)COc2ccc(CC#N)cc2)c(=O)[nH]c1=O. The number of nitrogens with zero attached hydrogens (tertiary/aromatic N) is 3. The van der Waals surface area contributed by atoms with Crippen LogP contribution in [0.4, 0.5) is 11.5 Å². The molecule has 0 atom stereocenters. The number of ether oxygens (including phenoxy) is 2. The van der Waals surface area contributed by atoms with Gasteiger partial charge in [-0.05, 0) is 24.1 Å². The first kappa shape index (κ1) is 22.7. The highest BCUT2D eigenvalue weighted by molar-refractivity contribution is 5.96. The van der Waals surface area contributed by atoms with Gasteiger partial charge in [-0.3, -0.25) is 24.0 Å². The lowest BCUT2D eigenvalue weighted by Gasteiger charge is -2.24. The number of nitrogen functional groups attached to an aromatic ring is 1. The van der Waals surface area contributed by atoms with Crippen LogP contribution in [0.15, 0.2) is 33.9 Å². The lowest BCUT2D eigenvalue weighted by atomic mass is 10.2. The zero-order valence-electron chi connectivity index (χ0n) is 17.0. The number of carbonyl (C=O) groups excluding carboxylic acids is 1. The number of benzene rings is 1. The highest BCUT2D eigenvalue weighted by Crippen LogP contribution is 2.18. The Hall–Kier alpha value is -3.58. The van der Waals surface area contributed by atoms with Crippen LogP contribution in [-0.4, -0.2) is 42.3 Å². The average molecular weight is 415 g/mol. The summed E-state index contributed by atoms with van der Waals surface area (Å²) in [6.07, 6.45) is 0.895. The third-order valence-electron chi connectivity index (χ3n) is 4.32. The van der Waals surface area contributed by atoms with Crippen molar-refractivity contribution in [2.24, 2.45) is 0 Å². The zero-order chi connectivity index (χ0) is 22.1. The summed E-state index contributed by atoms with van der Waals surface area (Å²) < 4.78 is 11.8. The molecule has 0 aliphatic heterocycles. The number of aromatic amines is 1. The van der Waals surface area contributed by atoms with Crippen molar-refractivity contribution in [1.29, 1.82) is 5.26 Å². The molecule has 10 heteroatoms. The Balaban J connectivity index is 2.28. The topological polar surface area (TPSA) is 143 Å². The van der Waals surface area contributed by atoms with Crippen molar-refractivity contribution in [3.8, 4) is 11.8 Å². The van der Waals surface area contributed by atoms with E-state index in [1.807, 2.05) is 6.92 Å². The minimum absolute atomic E-state index is 0.0530. The molecule has 2 rings (SSSR count). The van der Waals surface area contributed by atoms with Gasteiger partial charge < -0.3 is 15.2 Å². The Morgan fingerprint density at radius 1 is 1.30 bits per heavy atom. The number of hydrogen-bond donors (Lipinski definition) is 2. The molecule has 0 fully saturated rings. The standard InChI is InChI=1S/C20H25N5O5/c1-3-10-25-18(22)17(19(27)23-20(25)28)24(11-12-29-2)16(26)13-30-15-6-4-14(5-7-15)8-9-21/h4-7H,3,8,10-13,22H2,1-2H3,(H,23,27,28). The van der Waals surface area contributed by atoms with Gasteiger partial charge in [0.25, 0.3) is 11.5 Å². The lowest BCUT2D eigenvalue weighted by molar-refractivity contribution is -0.120. The largest absolute Gasteiger partial charge is 0.484 e. The molecule has 30 heavy (non-hydrogen) atoms. The fourth-order valence-corrected chi connectivity index (χ4v) is 2.85. The predicted molar refractivity (Wildman–Crippen MR) is 112 cm³/mol. The number of hydrogen-bond acceptors (Lipinski definition) is 7. The molecule has 1 heterocycles. The van der Waals surface area contributed by atoms with Gasteiger partial charge in [0.15, 0.2) is 12.3 Å². The predicted octanol–water partition coefficient (Wildman–Crippen LogP) is 0.653. The van der Waals surface area contributed by atoms with E-state index in [0.717, 1.165) is 10.5 Å². The number of H-pyrrole nitrogens is 1. The quantitative estimate of drug-likeness (QED) is 0.580. The summed E-state index contributed by atoms with van der Waals surface area (Å²) in [5.41, 5.74) is 5.41. The van der Waals surface area contributed by atoms with Crippen molar-refractivity contribution in [2.45, 2.75) is 26.3 Å². The highest BCUT2D eigenvalue weighted by atomic mass is 16.5. The summed E-state index contributed by atoms with van der Waals surface area (Å²) in [7, 11) is 1.47. The fourth-order valence-electron chi connectivity index (χ4n) is 2.85. The smallest absolute Gasteiger partial charge is 0.330 e. The summed E-state index contributed by atoms with van der Waals surface area (Å²) in [5.74, 6) is -0.169. The fraction of sp³-hybridized carbons (Fsp3) is 0.400. The van der Waals surface area contributed by atoms with E-state index >= 15 is 0 Å². The summed E-state index contributed by atoms with van der Waals surface area (Å²) in [5, 5.41) is 8.72. The molecule has 1 amide bonds. The van der Waals surface area contributed by atoms with Gasteiger partial charge in [0.05, 0.1) is 19.1 Å². The number of aromatic nitrogens is 2. The van der Waals surface area contributed by atoms with E-state index in [-0.39, 0.29) is 37.7 Å². The monoisotopic (exact) mass is 415 g/mol. The molecule has 0 saturated carbocycles. The van der Waals surface area contributed by atoms with Crippen LogP contribution in [0, 0.1) is 11.3 Å². The van der Waals surface area contributed by atoms with Crippen LogP contribution < -0.4 is 26.6 Å². The first-order valence-corrected chi connectivity index (χ1v) is 9.43. The Morgan fingerprint density at radius 3 is 2.60 bits per heavy atom. The van der Waals surface area contributed by atoms with Crippen LogP contribution in [0.2, 0.25) is 0 Å². The van der Waals surface area contributed by atoms with Crippen molar-refractivity contribution in [1.82, 2.24) is 9.55 Å². The first-order valence-electron chi connectivity index (χ1n) is 9.43. The van der Waals surface area contributed by atoms with Gasteiger partial charge >= 0.3 is 5.69 Å². The van der Waals surface area contributed by atoms with Crippen LogP contribution in [0.3, 0.4) is 0 Å². The molecular weight excluding hydrogens is 390 g/mol. The summed E-state index contributed by atoms with van der Waals surface area (Å²) in [4.78, 5) is 40.7. The molecule has 0 saturated heterocycles. The first-order chi connectivity index (χ1) is 14.4. The average Bonchev–Trinajstić information content (AvgIpc) is 2.72.